The first-order valence-corrected chi connectivity index (χ1v) is 5.89. The predicted octanol–water partition coefficient (Wildman–Crippen LogP) is 2.16. The smallest absolute Gasteiger partial charge is 0.182 e. The van der Waals surface area contributed by atoms with Crippen molar-refractivity contribution in [2.24, 2.45) is 5.73 Å². The van der Waals surface area contributed by atoms with Crippen LogP contribution in [0.3, 0.4) is 0 Å². The number of hydrogen-bond acceptors (Lipinski definition) is 3. The second kappa shape index (κ2) is 4.23. The van der Waals surface area contributed by atoms with E-state index in [-0.39, 0.29) is 0 Å². The van der Waals surface area contributed by atoms with Crippen LogP contribution in [0.1, 0.15) is 11.1 Å². The van der Waals surface area contributed by atoms with Gasteiger partial charge in [-0.05, 0) is 18.6 Å². The Hall–Kier alpha value is -2.20. The molecule has 0 radical (unpaired) electrons. The number of rotatable bonds is 2. The maximum atomic E-state index is 5.61. The maximum absolute atomic E-state index is 5.61. The van der Waals surface area contributed by atoms with Crippen molar-refractivity contribution in [3.8, 4) is 11.4 Å². The molecule has 0 aliphatic heterocycles. The van der Waals surface area contributed by atoms with E-state index >= 15 is 0 Å². The fraction of sp³-hybridized carbons (Fsp3) is 0.143. The van der Waals surface area contributed by atoms with Gasteiger partial charge in [-0.1, -0.05) is 35.9 Å². The maximum Gasteiger partial charge on any atom is 0.182 e. The monoisotopic (exact) mass is 238 g/mol. The third kappa shape index (κ3) is 1.87. The Bertz CT molecular complexity index is 683. The Labute approximate surface area is 105 Å². The number of aromatic nitrogens is 3. The molecular formula is C14H14N4. The number of benzene rings is 1. The average Bonchev–Trinajstić information content (AvgIpc) is 2.82. The van der Waals surface area contributed by atoms with Gasteiger partial charge in [-0.3, -0.25) is 0 Å². The number of hydrogen-bond donors (Lipinski definition) is 1. The van der Waals surface area contributed by atoms with Crippen molar-refractivity contribution in [3.63, 3.8) is 0 Å². The van der Waals surface area contributed by atoms with Crippen LogP contribution in [0.5, 0.6) is 0 Å². The van der Waals surface area contributed by atoms with Gasteiger partial charge in [0, 0.05) is 18.3 Å². The summed E-state index contributed by atoms with van der Waals surface area (Å²) in [6.45, 7) is 2.57. The Kier molecular flexibility index (Phi) is 2.57. The summed E-state index contributed by atoms with van der Waals surface area (Å²) in [5, 5.41) is 4.47. The summed E-state index contributed by atoms with van der Waals surface area (Å²) >= 11 is 0. The fourth-order valence-electron chi connectivity index (χ4n) is 1.87. The average molecular weight is 238 g/mol. The normalized spacial score (nSPS) is 11.0. The van der Waals surface area contributed by atoms with Crippen LogP contribution in [0.4, 0.5) is 0 Å². The van der Waals surface area contributed by atoms with Crippen LogP contribution in [0.25, 0.3) is 17.0 Å². The van der Waals surface area contributed by atoms with Gasteiger partial charge < -0.3 is 5.73 Å². The van der Waals surface area contributed by atoms with Crippen LogP contribution < -0.4 is 5.73 Å². The number of aryl methyl sites for hydroxylation is 1. The minimum Gasteiger partial charge on any atom is -0.326 e. The molecule has 0 aliphatic carbocycles. The standard InChI is InChI=1S/C14H14N4/c1-10-2-5-12(6-3-10)14-16-13-7-4-11(8-15)9-18(13)17-14/h2-7,9H,8,15H2,1H3. The number of nitrogens with zero attached hydrogens (tertiary/aromatic N) is 3. The van der Waals surface area contributed by atoms with Crippen molar-refractivity contribution in [1.82, 2.24) is 14.6 Å². The second-order valence-corrected chi connectivity index (χ2v) is 4.35. The zero-order valence-corrected chi connectivity index (χ0v) is 10.2. The lowest BCUT2D eigenvalue weighted by Gasteiger charge is -1.96. The molecule has 0 bridgehead atoms. The van der Waals surface area contributed by atoms with Crippen molar-refractivity contribution in [2.45, 2.75) is 13.5 Å². The highest BCUT2D eigenvalue weighted by molar-refractivity contribution is 5.58. The third-order valence-electron chi connectivity index (χ3n) is 2.94. The summed E-state index contributed by atoms with van der Waals surface area (Å²) < 4.78 is 1.78. The van der Waals surface area contributed by atoms with Crippen LogP contribution in [-0.2, 0) is 6.54 Å². The lowest BCUT2D eigenvalue weighted by molar-refractivity contribution is 0.931. The molecule has 4 heteroatoms. The van der Waals surface area contributed by atoms with Crippen LogP contribution in [0.2, 0.25) is 0 Å². The topological polar surface area (TPSA) is 56.2 Å². The van der Waals surface area contributed by atoms with Gasteiger partial charge >= 0.3 is 0 Å². The molecular weight excluding hydrogens is 224 g/mol. The van der Waals surface area contributed by atoms with E-state index in [0.29, 0.717) is 6.54 Å². The molecule has 2 aromatic heterocycles. The molecule has 0 amide bonds. The zero-order valence-electron chi connectivity index (χ0n) is 10.2. The molecule has 3 aromatic rings. The molecule has 2 heterocycles. The molecule has 0 saturated heterocycles. The molecule has 90 valence electrons. The molecule has 0 atom stereocenters. The highest BCUT2D eigenvalue weighted by atomic mass is 15.3. The summed E-state index contributed by atoms with van der Waals surface area (Å²) in [7, 11) is 0. The van der Waals surface area contributed by atoms with Crippen LogP contribution >= 0.6 is 0 Å². The molecule has 4 nitrogen and oxygen atoms in total. The first-order chi connectivity index (χ1) is 8.76. The van der Waals surface area contributed by atoms with E-state index in [1.54, 1.807) is 4.52 Å². The SMILES string of the molecule is Cc1ccc(-c2nc3ccc(CN)cn3n2)cc1. The van der Waals surface area contributed by atoms with Gasteiger partial charge in [-0.2, -0.15) is 0 Å². The Morgan fingerprint density at radius 3 is 2.61 bits per heavy atom. The first kappa shape index (κ1) is 10.9. The van der Waals surface area contributed by atoms with Crippen LogP contribution in [-0.4, -0.2) is 14.6 Å². The van der Waals surface area contributed by atoms with E-state index in [9.17, 15) is 0 Å². The Morgan fingerprint density at radius 2 is 1.89 bits per heavy atom. The second-order valence-electron chi connectivity index (χ2n) is 4.35. The van der Waals surface area contributed by atoms with Crippen molar-refractivity contribution >= 4 is 5.65 Å². The van der Waals surface area contributed by atoms with E-state index in [4.69, 9.17) is 5.73 Å². The third-order valence-corrected chi connectivity index (χ3v) is 2.94. The first-order valence-electron chi connectivity index (χ1n) is 5.89. The summed E-state index contributed by atoms with van der Waals surface area (Å²) in [4.78, 5) is 4.50. The zero-order chi connectivity index (χ0) is 12.5. The van der Waals surface area contributed by atoms with Gasteiger partial charge in [0.15, 0.2) is 11.5 Å². The van der Waals surface area contributed by atoms with E-state index < -0.39 is 0 Å². The van der Waals surface area contributed by atoms with Gasteiger partial charge in [-0.15, -0.1) is 5.10 Å². The minimum absolute atomic E-state index is 0.510. The van der Waals surface area contributed by atoms with E-state index in [0.717, 1.165) is 22.6 Å². The van der Waals surface area contributed by atoms with Gasteiger partial charge in [0.25, 0.3) is 0 Å². The lowest BCUT2D eigenvalue weighted by atomic mass is 10.1. The Balaban J connectivity index is 2.10. The van der Waals surface area contributed by atoms with Gasteiger partial charge in [0.05, 0.1) is 0 Å². The summed E-state index contributed by atoms with van der Waals surface area (Å²) in [6.07, 6.45) is 1.92. The van der Waals surface area contributed by atoms with Gasteiger partial charge in [0.2, 0.25) is 0 Å². The van der Waals surface area contributed by atoms with E-state index in [1.807, 2.05) is 30.5 Å². The number of pyridine rings is 1. The van der Waals surface area contributed by atoms with Crippen molar-refractivity contribution in [3.05, 3.63) is 53.7 Å². The van der Waals surface area contributed by atoms with Gasteiger partial charge in [0.1, 0.15) is 0 Å². The number of nitrogens with two attached hydrogens (primary N) is 1. The summed E-state index contributed by atoms with van der Waals surface area (Å²) in [5.74, 6) is 0.740. The number of fused-ring (bicyclic) bond motifs is 1. The summed E-state index contributed by atoms with van der Waals surface area (Å²) in [6, 6.07) is 12.1. The molecule has 0 spiro atoms. The molecule has 1 aromatic carbocycles. The van der Waals surface area contributed by atoms with Crippen molar-refractivity contribution < 1.29 is 0 Å². The highest BCUT2D eigenvalue weighted by Gasteiger charge is 2.06. The minimum atomic E-state index is 0.510. The largest absolute Gasteiger partial charge is 0.326 e. The van der Waals surface area contributed by atoms with E-state index in [2.05, 4.69) is 29.1 Å². The van der Waals surface area contributed by atoms with Crippen molar-refractivity contribution in [1.29, 1.82) is 0 Å². The van der Waals surface area contributed by atoms with Crippen LogP contribution in [0.15, 0.2) is 42.6 Å². The fourth-order valence-corrected chi connectivity index (χ4v) is 1.87. The lowest BCUT2D eigenvalue weighted by Crippen LogP contribution is -1.98. The quantitative estimate of drug-likeness (QED) is 0.744. The Morgan fingerprint density at radius 1 is 1.11 bits per heavy atom. The molecule has 0 aliphatic rings. The molecule has 0 saturated carbocycles. The molecule has 0 unspecified atom stereocenters. The van der Waals surface area contributed by atoms with Gasteiger partial charge in [-0.25, -0.2) is 9.50 Å². The highest BCUT2D eigenvalue weighted by Crippen LogP contribution is 2.17. The predicted molar refractivity (Wildman–Crippen MR) is 71.1 cm³/mol. The van der Waals surface area contributed by atoms with Crippen LogP contribution in [0, 0.1) is 6.92 Å². The molecule has 2 N–H and O–H groups in total. The summed E-state index contributed by atoms with van der Waals surface area (Å²) in [5.41, 5.74) is 9.75. The molecule has 3 rings (SSSR count). The van der Waals surface area contributed by atoms with Crippen molar-refractivity contribution in [2.75, 3.05) is 0 Å². The molecule has 18 heavy (non-hydrogen) atoms. The van der Waals surface area contributed by atoms with E-state index in [1.165, 1.54) is 5.56 Å². The molecule has 0 fully saturated rings.